The first kappa shape index (κ1) is 19.7. The standard InChI is InChI=1S/C16H17Cl2F2NO4/c1-15(9-16(15,17)18)13(23)24-8-12(22)21-7-6-10-2-4-11(5-3-10)25-14(19)20/h2-5,14H,6-9H2,1H3,(H,21,22)/t15-/m1/s1. The van der Waals surface area contributed by atoms with Gasteiger partial charge in [-0.05, 0) is 31.0 Å². The van der Waals surface area contributed by atoms with Crippen LogP contribution in [0.4, 0.5) is 8.78 Å². The molecule has 0 aliphatic heterocycles. The third-order valence-electron chi connectivity index (χ3n) is 3.93. The highest BCUT2D eigenvalue weighted by molar-refractivity contribution is 6.53. The van der Waals surface area contributed by atoms with Gasteiger partial charge >= 0.3 is 12.6 Å². The summed E-state index contributed by atoms with van der Waals surface area (Å²) in [6.07, 6.45) is 0.771. The van der Waals surface area contributed by atoms with Crippen LogP contribution in [0.15, 0.2) is 24.3 Å². The van der Waals surface area contributed by atoms with Crippen molar-refractivity contribution in [2.45, 2.75) is 30.7 Å². The molecule has 1 atom stereocenters. The van der Waals surface area contributed by atoms with Gasteiger partial charge in [0.05, 0.1) is 0 Å². The first-order valence-corrected chi connectivity index (χ1v) is 8.25. The number of rotatable bonds is 8. The van der Waals surface area contributed by atoms with E-state index in [4.69, 9.17) is 27.9 Å². The lowest BCUT2D eigenvalue weighted by atomic mass is 10.1. The van der Waals surface area contributed by atoms with Gasteiger partial charge in [-0.1, -0.05) is 12.1 Å². The maximum absolute atomic E-state index is 12.0. The number of ether oxygens (including phenoxy) is 2. The van der Waals surface area contributed by atoms with Crippen molar-refractivity contribution in [1.29, 1.82) is 0 Å². The SMILES string of the molecule is C[C@]1(C(=O)OCC(=O)NCCc2ccc(OC(F)F)cc2)CC1(Cl)Cl. The van der Waals surface area contributed by atoms with E-state index in [9.17, 15) is 18.4 Å². The Hall–Kier alpha value is -1.60. The zero-order chi connectivity index (χ0) is 18.7. The number of hydrogen-bond acceptors (Lipinski definition) is 4. The topological polar surface area (TPSA) is 64.6 Å². The molecule has 1 aliphatic carbocycles. The quantitative estimate of drug-likeness (QED) is 0.542. The first-order valence-electron chi connectivity index (χ1n) is 7.49. The Morgan fingerprint density at radius 2 is 1.88 bits per heavy atom. The summed E-state index contributed by atoms with van der Waals surface area (Å²) in [7, 11) is 0. The molecule has 2 rings (SSSR count). The molecule has 9 heteroatoms. The monoisotopic (exact) mass is 395 g/mol. The number of alkyl halides is 4. The molecule has 5 nitrogen and oxygen atoms in total. The van der Waals surface area contributed by atoms with E-state index in [2.05, 4.69) is 10.1 Å². The van der Waals surface area contributed by atoms with Crippen LogP contribution in [0, 0.1) is 5.41 Å². The maximum atomic E-state index is 12.0. The molecule has 0 heterocycles. The van der Waals surface area contributed by atoms with Crippen LogP contribution in [0.1, 0.15) is 18.9 Å². The Labute approximate surface area is 153 Å². The smallest absolute Gasteiger partial charge is 0.387 e. The first-order chi connectivity index (χ1) is 11.6. The number of esters is 1. The molecular formula is C16H17Cl2F2NO4. The fourth-order valence-corrected chi connectivity index (χ4v) is 2.84. The normalized spacial score (nSPS) is 20.9. The molecule has 0 unspecified atom stereocenters. The van der Waals surface area contributed by atoms with E-state index in [1.165, 1.54) is 12.1 Å². The number of carbonyl (C=O) groups excluding carboxylic acids is 2. The second-order valence-corrected chi connectivity index (χ2v) is 7.40. The lowest BCUT2D eigenvalue weighted by Crippen LogP contribution is -2.32. The van der Waals surface area contributed by atoms with E-state index < -0.39 is 34.8 Å². The second-order valence-electron chi connectivity index (χ2n) is 5.91. The van der Waals surface area contributed by atoms with Crippen molar-refractivity contribution < 1.29 is 27.8 Å². The highest BCUT2D eigenvalue weighted by Crippen LogP contribution is 2.64. The zero-order valence-electron chi connectivity index (χ0n) is 13.4. The van der Waals surface area contributed by atoms with E-state index >= 15 is 0 Å². The summed E-state index contributed by atoms with van der Waals surface area (Å²) in [5.74, 6) is -0.995. The highest BCUT2D eigenvalue weighted by atomic mass is 35.5. The van der Waals surface area contributed by atoms with E-state index in [-0.39, 0.29) is 12.2 Å². The van der Waals surface area contributed by atoms with Crippen molar-refractivity contribution in [2.75, 3.05) is 13.2 Å². The largest absolute Gasteiger partial charge is 0.455 e. The molecule has 1 amide bonds. The van der Waals surface area contributed by atoms with Crippen molar-refractivity contribution in [3.63, 3.8) is 0 Å². The predicted molar refractivity (Wildman–Crippen MR) is 87.9 cm³/mol. The van der Waals surface area contributed by atoms with Crippen LogP contribution in [-0.4, -0.2) is 36.0 Å². The molecular weight excluding hydrogens is 379 g/mol. The van der Waals surface area contributed by atoms with Gasteiger partial charge in [0.1, 0.15) is 15.5 Å². The molecule has 25 heavy (non-hydrogen) atoms. The molecule has 0 spiro atoms. The molecule has 1 aliphatic rings. The van der Waals surface area contributed by atoms with Crippen LogP contribution in [0.25, 0.3) is 0 Å². The van der Waals surface area contributed by atoms with E-state index in [1.807, 2.05) is 0 Å². The number of halogens is 4. The fourth-order valence-electron chi connectivity index (χ4n) is 2.15. The Balaban J connectivity index is 1.66. The fraction of sp³-hybridized carbons (Fsp3) is 0.500. The third kappa shape index (κ3) is 5.19. The molecule has 0 bridgehead atoms. The van der Waals surface area contributed by atoms with Crippen molar-refractivity contribution in [1.82, 2.24) is 5.32 Å². The van der Waals surface area contributed by atoms with Gasteiger partial charge in [0.15, 0.2) is 6.61 Å². The highest BCUT2D eigenvalue weighted by Gasteiger charge is 2.69. The molecule has 0 radical (unpaired) electrons. The summed E-state index contributed by atoms with van der Waals surface area (Å²) >= 11 is 11.7. The van der Waals surface area contributed by atoms with Crippen molar-refractivity contribution in [3.05, 3.63) is 29.8 Å². The van der Waals surface area contributed by atoms with Crippen molar-refractivity contribution in [2.24, 2.45) is 5.41 Å². The summed E-state index contributed by atoms with van der Waals surface area (Å²) < 4.78 is 32.1. The van der Waals surface area contributed by atoms with Gasteiger partial charge in [-0.25, -0.2) is 0 Å². The van der Waals surface area contributed by atoms with E-state index in [0.717, 1.165) is 5.56 Å². The lowest BCUT2D eigenvalue weighted by Gasteiger charge is -2.12. The van der Waals surface area contributed by atoms with Gasteiger partial charge in [-0.2, -0.15) is 8.78 Å². The molecule has 1 aromatic carbocycles. The van der Waals surface area contributed by atoms with E-state index in [0.29, 0.717) is 13.0 Å². The molecule has 1 fully saturated rings. The Morgan fingerprint density at radius 1 is 1.28 bits per heavy atom. The minimum Gasteiger partial charge on any atom is -0.455 e. The summed E-state index contributed by atoms with van der Waals surface area (Å²) in [6.45, 7) is -1.40. The average molecular weight is 396 g/mol. The minimum absolute atomic E-state index is 0.0675. The Bertz CT molecular complexity index is 640. The zero-order valence-corrected chi connectivity index (χ0v) is 14.9. The Kier molecular flexibility index (Phi) is 6.11. The second kappa shape index (κ2) is 7.74. The van der Waals surface area contributed by atoms with Gasteiger partial charge in [0, 0.05) is 13.0 Å². The van der Waals surface area contributed by atoms with Gasteiger partial charge < -0.3 is 14.8 Å². The van der Waals surface area contributed by atoms with E-state index in [1.54, 1.807) is 19.1 Å². The molecule has 0 saturated heterocycles. The number of carbonyl (C=O) groups is 2. The van der Waals surface area contributed by atoms with Crippen LogP contribution in [0.2, 0.25) is 0 Å². The van der Waals surface area contributed by atoms with Gasteiger partial charge in [-0.15, -0.1) is 23.2 Å². The van der Waals surface area contributed by atoms with Crippen LogP contribution in [0.5, 0.6) is 5.75 Å². The molecule has 1 aromatic rings. The van der Waals surface area contributed by atoms with Crippen LogP contribution >= 0.6 is 23.2 Å². The number of amides is 1. The minimum atomic E-state index is -2.87. The van der Waals surface area contributed by atoms with Crippen molar-refractivity contribution >= 4 is 35.1 Å². The molecule has 138 valence electrons. The average Bonchev–Trinajstić information content (AvgIpc) is 3.06. The summed E-state index contributed by atoms with van der Waals surface area (Å²) in [6, 6.07) is 6.09. The van der Waals surface area contributed by atoms with Crippen LogP contribution < -0.4 is 10.1 Å². The Morgan fingerprint density at radius 3 is 2.40 bits per heavy atom. The van der Waals surface area contributed by atoms with Gasteiger partial charge in [0.25, 0.3) is 5.91 Å². The van der Waals surface area contributed by atoms with Crippen molar-refractivity contribution in [3.8, 4) is 5.75 Å². The maximum Gasteiger partial charge on any atom is 0.387 e. The number of hydrogen-bond donors (Lipinski definition) is 1. The van der Waals surface area contributed by atoms with Gasteiger partial charge in [-0.3, -0.25) is 9.59 Å². The lowest BCUT2D eigenvalue weighted by molar-refractivity contribution is -0.153. The molecule has 1 saturated carbocycles. The number of nitrogens with one attached hydrogen (secondary N) is 1. The third-order valence-corrected chi connectivity index (χ3v) is 5.03. The predicted octanol–water partition coefficient (Wildman–Crippen LogP) is 3.07. The van der Waals surface area contributed by atoms with Gasteiger partial charge in [0.2, 0.25) is 0 Å². The summed E-state index contributed by atoms with van der Waals surface area (Å²) in [5.41, 5.74) is -0.142. The summed E-state index contributed by atoms with van der Waals surface area (Å²) in [5, 5.41) is 2.59. The van der Waals surface area contributed by atoms with Crippen LogP contribution in [0.3, 0.4) is 0 Å². The summed E-state index contributed by atoms with van der Waals surface area (Å²) in [4.78, 5) is 23.5. The van der Waals surface area contributed by atoms with Crippen LogP contribution in [-0.2, 0) is 20.7 Å². The molecule has 0 aromatic heterocycles. The molecule has 1 N–H and O–H groups in total. The number of benzene rings is 1.